The van der Waals surface area contributed by atoms with Gasteiger partial charge in [0.15, 0.2) is 0 Å². The number of aryl methyl sites for hydroxylation is 2. The van der Waals surface area contributed by atoms with Crippen molar-refractivity contribution in [1.82, 2.24) is 15.5 Å². The van der Waals surface area contributed by atoms with Gasteiger partial charge in [-0.15, -0.1) is 0 Å². The highest BCUT2D eigenvalue weighted by Gasteiger charge is 2.13. The van der Waals surface area contributed by atoms with Crippen LogP contribution < -0.4 is 5.32 Å². The first-order valence-corrected chi connectivity index (χ1v) is 5.77. The van der Waals surface area contributed by atoms with E-state index in [0.717, 1.165) is 11.3 Å². The Morgan fingerprint density at radius 3 is 2.89 bits per heavy atom. The van der Waals surface area contributed by atoms with Crippen LogP contribution in [0.1, 0.15) is 27.4 Å². The maximum atomic E-state index is 11.9. The summed E-state index contributed by atoms with van der Waals surface area (Å²) >= 11 is 5.89. The summed E-state index contributed by atoms with van der Waals surface area (Å²) in [5.41, 5.74) is 2.06. The van der Waals surface area contributed by atoms with Crippen molar-refractivity contribution in [3.8, 4) is 0 Å². The molecule has 6 heteroatoms. The zero-order chi connectivity index (χ0) is 13.1. The number of hydrogen-bond donors (Lipinski definition) is 1. The van der Waals surface area contributed by atoms with Gasteiger partial charge in [-0.05, 0) is 19.9 Å². The van der Waals surface area contributed by atoms with Crippen LogP contribution in [0.5, 0.6) is 0 Å². The minimum atomic E-state index is -0.248. The van der Waals surface area contributed by atoms with Gasteiger partial charge in [-0.3, -0.25) is 9.78 Å². The molecule has 0 saturated carbocycles. The summed E-state index contributed by atoms with van der Waals surface area (Å²) in [5, 5.41) is 6.92. The molecule has 1 N–H and O–H groups in total. The molecular weight excluding hydrogens is 254 g/mol. The van der Waals surface area contributed by atoms with Gasteiger partial charge < -0.3 is 9.84 Å². The van der Waals surface area contributed by atoms with Crippen molar-refractivity contribution in [2.45, 2.75) is 20.4 Å². The molecule has 2 rings (SSSR count). The van der Waals surface area contributed by atoms with Crippen molar-refractivity contribution in [3.63, 3.8) is 0 Å². The van der Waals surface area contributed by atoms with E-state index in [1.54, 1.807) is 13.0 Å². The van der Waals surface area contributed by atoms with Gasteiger partial charge in [-0.25, -0.2) is 0 Å². The van der Waals surface area contributed by atoms with Crippen LogP contribution in [0.2, 0.25) is 5.02 Å². The lowest BCUT2D eigenvalue weighted by Crippen LogP contribution is -2.23. The molecule has 0 saturated heterocycles. The van der Waals surface area contributed by atoms with E-state index in [4.69, 9.17) is 16.1 Å². The molecule has 0 fully saturated rings. The second kappa shape index (κ2) is 5.18. The van der Waals surface area contributed by atoms with Gasteiger partial charge in [-0.2, -0.15) is 0 Å². The second-order valence-corrected chi connectivity index (χ2v) is 4.25. The molecule has 2 aromatic rings. The third-order valence-electron chi connectivity index (χ3n) is 2.62. The summed E-state index contributed by atoms with van der Waals surface area (Å²) in [6.45, 7) is 4.00. The van der Waals surface area contributed by atoms with E-state index in [9.17, 15) is 4.79 Å². The predicted octanol–water partition coefficient (Wildman–Crippen LogP) is 2.27. The molecular formula is C12H12ClN3O2. The number of carbonyl (C=O) groups excluding carboxylic acids is 1. The van der Waals surface area contributed by atoms with E-state index >= 15 is 0 Å². The van der Waals surface area contributed by atoms with E-state index in [0.29, 0.717) is 22.9 Å². The fourth-order valence-corrected chi connectivity index (χ4v) is 1.78. The zero-order valence-corrected chi connectivity index (χ0v) is 10.8. The fraction of sp³-hybridized carbons (Fsp3) is 0.250. The molecule has 0 aliphatic carbocycles. The summed E-state index contributed by atoms with van der Waals surface area (Å²) in [5.74, 6) is 0.455. The minimum Gasteiger partial charge on any atom is -0.361 e. The third kappa shape index (κ3) is 2.51. The summed E-state index contributed by atoms with van der Waals surface area (Å²) in [4.78, 5) is 15.7. The van der Waals surface area contributed by atoms with Gasteiger partial charge in [0.1, 0.15) is 5.76 Å². The van der Waals surface area contributed by atoms with E-state index in [-0.39, 0.29) is 5.91 Å². The van der Waals surface area contributed by atoms with Gasteiger partial charge in [0.05, 0.1) is 16.3 Å². The first-order chi connectivity index (χ1) is 8.59. The first kappa shape index (κ1) is 12.6. The van der Waals surface area contributed by atoms with Crippen molar-refractivity contribution in [1.29, 1.82) is 0 Å². The molecule has 0 aromatic carbocycles. The molecule has 2 aromatic heterocycles. The molecule has 0 aliphatic heterocycles. The Morgan fingerprint density at radius 1 is 1.50 bits per heavy atom. The maximum Gasteiger partial charge on any atom is 0.253 e. The van der Waals surface area contributed by atoms with Crippen molar-refractivity contribution < 1.29 is 9.32 Å². The molecule has 0 bridgehead atoms. The van der Waals surface area contributed by atoms with Gasteiger partial charge in [0.2, 0.25) is 0 Å². The van der Waals surface area contributed by atoms with Crippen LogP contribution in [-0.2, 0) is 6.54 Å². The third-order valence-corrected chi connectivity index (χ3v) is 2.93. The number of amides is 1. The van der Waals surface area contributed by atoms with Gasteiger partial charge >= 0.3 is 0 Å². The summed E-state index contributed by atoms with van der Waals surface area (Å²) in [6, 6.07) is 1.57. The predicted molar refractivity (Wildman–Crippen MR) is 66.4 cm³/mol. The van der Waals surface area contributed by atoms with E-state index in [1.807, 2.05) is 6.92 Å². The summed E-state index contributed by atoms with van der Waals surface area (Å²) in [7, 11) is 0. The lowest BCUT2D eigenvalue weighted by molar-refractivity contribution is 0.0951. The van der Waals surface area contributed by atoms with E-state index in [1.165, 1.54) is 12.4 Å². The summed E-state index contributed by atoms with van der Waals surface area (Å²) in [6.07, 6.45) is 2.96. The lowest BCUT2D eigenvalue weighted by Gasteiger charge is -2.05. The van der Waals surface area contributed by atoms with Crippen LogP contribution in [0, 0.1) is 13.8 Å². The maximum absolute atomic E-state index is 11.9. The van der Waals surface area contributed by atoms with Gasteiger partial charge in [0, 0.05) is 24.5 Å². The monoisotopic (exact) mass is 265 g/mol. The fourth-order valence-electron chi connectivity index (χ4n) is 1.58. The van der Waals surface area contributed by atoms with Gasteiger partial charge in [-0.1, -0.05) is 16.8 Å². The second-order valence-electron chi connectivity index (χ2n) is 3.84. The van der Waals surface area contributed by atoms with Crippen LogP contribution >= 0.6 is 11.6 Å². The molecule has 5 nitrogen and oxygen atoms in total. The van der Waals surface area contributed by atoms with E-state index in [2.05, 4.69) is 15.5 Å². The topological polar surface area (TPSA) is 68.0 Å². The first-order valence-electron chi connectivity index (χ1n) is 5.39. The molecule has 1 amide bonds. The Bertz CT molecular complexity index is 561. The Morgan fingerprint density at radius 2 is 2.28 bits per heavy atom. The Kier molecular flexibility index (Phi) is 3.62. The van der Waals surface area contributed by atoms with Crippen LogP contribution in [0.4, 0.5) is 0 Å². The SMILES string of the molecule is Cc1noc(C)c1CNC(=O)c1ccncc1Cl. The van der Waals surface area contributed by atoms with Crippen molar-refractivity contribution in [3.05, 3.63) is 46.1 Å². The molecule has 94 valence electrons. The number of aromatic nitrogens is 2. The lowest BCUT2D eigenvalue weighted by atomic mass is 10.2. The average Bonchev–Trinajstić information content (AvgIpc) is 2.67. The number of hydrogen-bond acceptors (Lipinski definition) is 4. The molecule has 0 atom stereocenters. The number of nitrogens with zero attached hydrogens (tertiary/aromatic N) is 2. The van der Waals surface area contributed by atoms with Crippen LogP contribution in [0.3, 0.4) is 0 Å². The standard InChI is InChI=1S/C12H12ClN3O2/c1-7-10(8(2)18-16-7)5-15-12(17)9-3-4-14-6-11(9)13/h3-4,6H,5H2,1-2H3,(H,15,17). The van der Waals surface area contributed by atoms with Crippen molar-refractivity contribution in [2.75, 3.05) is 0 Å². The summed E-state index contributed by atoms with van der Waals surface area (Å²) < 4.78 is 5.02. The Labute approximate surface area is 109 Å². The molecule has 0 radical (unpaired) electrons. The quantitative estimate of drug-likeness (QED) is 0.924. The highest BCUT2D eigenvalue weighted by atomic mass is 35.5. The Balaban J connectivity index is 2.08. The zero-order valence-electron chi connectivity index (χ0n) is 10.0. The van der Waals surface area contributed by atoms with Crippen molar-refractivity contribution in [2.24, 2.45) is 0 Å². The largest absolute Gasteiger partial charge is 0.361 e. The van der Waals surface area contributed by atoms with Crippen LogP contribution in [-0.4, -0.2) is 16.0 Å². The highest BCUT2D eigenvalue weighted by Crippen LogP contribution is 2.15. The molecule has 18 heavy (non-hydrogen) atoms. The average molecular weight is 266 g/mol. The number of pyridine rings is 1. The minimum absolute atomic E-state index is 0.248. The van der Waals surface area contributed by atoms with Crippen LogP contribution in [0.15, 0.2) is 23.0 Å². The smallest absolute Gasteiger partial charge is 0.253 e. The molecule has 0 spiro atoms. The number of rotatable bonds is 3. The normalized spacial score (nSPS) is 10.4. The number of halogens is 1. The molecule has 2 heterocycles. The molecule has 0 unspecified atom stereocenters. The van der Waals surface area contributed by atoms with Crippen LogP contribution in [0.25, 0.3) is 0 Å². The van der Waals surface area contributed by atoms with E-state index < -0.39 is 0 Å². The number of nitrogens with one attached hydrogen (secondary N) is 1. The van der Waals surface area contributed by atoms with Crippen molar-refractivity contribution >= 4 is 17.5 Å². The Hall–Kier alpha value is -1.88. The number of carbonyl (C=O) groups is 1. The molecule has 0 aliphatic rings. The van der Waals surface area contributed by atoms with Gasteiger partial charge in [0.25, 0.3) is 5.91 Å². The highest BCUT2D eigenvalue weighted by molar-refractivity contribution is 6.33.